The largest absolute Gasteiger partial charge is 0.433 e. The second-order valence-electron chi connectivity index (χ2n) is 6.53. The Bertz CT molecular complexity index is 1400. The number of aryl methyl sites for hydroxylation is 1. The summed E-state index contributed by atoms with van der Waals surface area (Å²) < 4.78 is 33.7. The molecule has 0 N–H and O–H groups in total. The van der Waals surface area contributed by atoms with E-state index in [9.17, 15) is 8.78 Å². The highest BCUT2D eigenvalue weighted by atomic mass is 35.5. The van der Waals surface area contributed by atoms with Gasteiger partial charge in [0.1, 0.15) is 11.2 Å². The zero-order valence-corrected chi connectivity index (χ0v) is 16.3. The van der Waals surface area contributed by atoms with Crippen LogP contribution in [0.5, 0.6) is 5.75 Å². The lowest BCUT2D eigenvalue weighted by atomic mass is 10.1. The molecule has 0 aliphatic rings. The first kappa shape index (κ1) is 18.4. The van der Waals surface area contributed by atoms with Crippen LogP contribution in [-0.4, -0.2) is 36.0 Å². The molecular formula is C20H13ClF2N6O. The maximum atomic E-state index is 12.9. The minimum Gasteiger partial charge on any atom is -0.433 e. The quantitative estimate of drug-likeness (QED) is 0.417. The van der Waals surface area contributed by atoms with Crippen molar-refractivity contribution in [2.45, 2.75) is 13.5 Å². The fourth-order valence-corrected chi connectivity index (χ4v) is 3.52. The number of aromatic nitrogens is 6. The van der Waals surface area contributed by atoms with E-state index in [2.05, 4.69) is 24.9 Å². The molecule has 0 atom stereocenters. The fourth-order valence-electron chi connectivity index (χ4n) is 3.36. The predicted molar refractivity (Wildman–Crippen MR) is 107 cm³/mol. The molecule has 10 heteroatoms. The van der Waals surface area contributed by atoms with Gasteiger partial charge in [0.05, 0.1) is 17.4 Å². The minimum atomic E-state index is -2.98. The number of hydrogen-bond donors (Lipinski definition) is 0. The maximum absolute atomic E-state index is 12.9. The molecule has 0 unspecified atom stereocenters. The molecule has 150 valence electrons. The number of benzene rings is 1. The van der Waals surface area contributed by atoms with Gasteiger partial charge in [-0.1, -0.05) is 11.6 Å². The van der Waals surface area contributed by atoms with Gasteiger partial charge in [0.15, 0.2) is 11.4 Å². The summed E-state index contributed by atoms with van der Waals surface area (Å²) in [5, 5.41) is 9.16. The van der Waals surface area contributed by atoms with E-state index in [1.807, 2.05) is 6.07 Å². The molecule has 1 aromatic carbocycles. The van der Waals surface area contributed by atoms with Gasteiger partial charge in [0.2, 0.25) is 0 Å². The van der Waals surface area contributed by atoms with Crippen molar-refractivity contribution in [2.24, 2.45) is 0 Å². The van der Waals surface area contributed by atoms with Crippen LogP contribution in [0.1, 0.15) is 5.69 Å². The number of nitrogens with zero attached hydrogens (tertiary/aromatic N) is 6. The SMILES string of the molecule is Cc1nn(-c2cc(Cl)ccc2OC(F)F)c2cc(-c3cnn4cccnc34)cnc12. The summed E-state index contributed by atoms with van der Waals surface area (Å²) >= 11 is 6.12. The lowest BCUT2D eigenvalue weighted by Crippen LogP contribution is -2.07. The van der Waals surface area contributed by atoms with Gasteiger partial charge in [-0.25, -0.2) is 14.2 Å². The topological polar surface area (TPSA) is 70.1 Å². The highest BCUT2D eigenvalue weighted by Crippen LogP contribution is 2.33. The van der Waals surface area contributed by atoms with Crippen LogP contribution in [-0.2, 0) is 0 Å². The second kappa shape index (κ2) is 7.03. The number of pyridine rings is 1. The highest BCUT2D eigenvalue weighted by Gasteiger charge is 2.18. The second-order valence-corrected chi connectivity index (χ2v) is 6.96. The van der Waals surface area contributed by atoms with Crippen molar-refractivity contribution in [2.75, 3.05) is 0 Å². The molecule has 7 nitrogen and oxygen atoms in total. The monoisotopic (exact) mass is 426 g/mol. The first-order chi connectivity index (χ1) is 14.5. The summed E-state index contributed by atoms with van der Waals surface area (Å²) in [6.45, 7) is -1.19. The van der Waals surface area contributed by atoms with Gasteiger partial charge in [0, 0.05) is 34.7 Å². The summed E-state index contributed by atoms with van der Waals surface area (Å²) in [4.78, 5) is 8.90. The molecule has 4 heterocycles. The van der Waals surface area contributed by atoms with Crippen molar-refractivity contribution in [1.82, 2.24) is 29.4 Å². The lowest BCUT2D eigenvalue weighted by molar-refractivity contribution is -0.0498. The Balaban J connectivity index is 1.73. The Labute approximate surface area is 173 Å². The molecule has 30 heavy (non-hydrogen) atoms. The van der Waals surface area contributed by atoms with E-state index in [1.54, 1.807) is 42.3 Å². The number of fused-ring (bicyclic) bond motifs is 2. The number of hydrogen-bond acceptors (Lipinski definition) is 5. The van der Waals surface area contributed by atoms with Gasteiger partial charge < -0.3 is 4.74 Å². The minimum absolute atomic E-state index is 0.0400. The lowest BCUT2D eigenvalue weighted by Gasteiger charge is -2.12. The number of halogens is 3. The summed E-state index contributed by atoms with van der Waals surface area (Å²) in [5.74, 6) is -0.0400. The van der Waals surface area contributed by atoms with Crippen LogP contribution >= 0.6 is 11.6 Å². The predicted octanol–water partition coefficient (Wildman–Crippen LogP) is 4.69. The van der Waals surface area contributed by atoms with Gasteiger partial charge in [0.25, 0.3) is 0 Å². The van der Waals surface area contributed by atoms with Crippen molar-refractivity contribution in [3.05, 3.63) is 65.8 Å². The van der Waals surface area contributed by atoms with Crippen LogP contribution in [0, 0.1) is 6.92 Å². The van der Waals surface area contributed by atoms with E-state index in [4.69, 9.17) is 11.6 Å². The van der Waals surface area contributed by atoms with Crippen molar-refractivity contribution >= 4 is 28.3 Å². The number of ether oxygens (including phenoxy) is 1. The van der Waals surface area contributed by atoms with Crippen molar-refractivity contribution in [1.29, 1.82) is 0 Å². The van der Waals surface area contributed by atoms with Crippen LogP contribution in [0.2, 0.25) is 5.02 Å². The number of rotatable bonds is 4. The molecule has 0 radical (unpaired) electrons. The maximum Gasteiger partial charge on any atom is 0.387 e. The van der Waals surface area contributed by atoms with Gasteiger partial charge in [-0.2, -0.15) is 19.0 Å². The molecule has 0 spiro atoms. The summed E-state index contributed by atoms with van der Waals surface area (Å²) in [6, 6.07) is 8.04. The first-order valence-corrected chi connectivity index (χ1v) is 9.28. The van der Waals surface area contributed by atoms with E-state index in [-0.39, 0.29) is 11.4 Å². The Morgan fingerprint density at radius 2 is 2.00 bits per heavy atom. The Kier molecular flexibility index (Phi) is 4.32. The molecule has 5 rings (SSSR count). The molecular weight excluding hydrogens is 414 g/mol. The van der Waals surface area contributed by atoms with Crippen LogP contribution in [0.4, 0.5) is 8.78 Å². The third-order valence-corrected chi connectivity index (χ3v) is 4.88. The molecule has 0 saturated carbocycles. The van der Waals surface area contributed by atoms with Gasteiger partial charge in [-0.3, -0.25) is 4.98 Å². The Morgan fingerprint density at radius 3 is 2.83 bits per heavy atom. The van der Waals surface area contributed by atoms with Crippen LogP contribution in [0.3, 0.4) is 0 Å². The molecule has 0 aliphatic carbocycles. The van der Waals surface area contributed by atoms with E-state index in [0.29, 0.717) is 27.4 Å². The van der Waals surface area contributed by atoms with Crippen molar-refractivity contribution in [3.63, 3.8) is 0 Å². The van der Waals surface area contributed by atoms with E-state index in [1.165, 1.54) is 22.9 Å². The van der Waals surface area contributed by atoms with Gasteiger partial charge >= 0.3 is 6.61 Å². The smallest absolute Gasteiger partial charge is 0.387 e. The average Bonchev–Trinajstić information content (AvgIpc) is 3.30. The van der Waals surface area contributed by atoms with Crippen LogP contribution in [0.25, 0.3) is 33.5 Å². The molecule has 0 fully saturated rings. The normalized spacial score (nSPS) is 11.6. The zero-order chi connectivity index (χ0) is 20.8. The summed E-state index contributed by atoms with van der Waals surface area (Å²) in [6.07, 6.45) is 6.89. The zero-order valence-electron chi connectivity index (χ0n) is 15.5. The van der Waals surface area contributed by atoms with E-state index < -0.39 is 6.61 Å². The van der Waals surface area contributed by atoms with Crippen LogP contribution in [0.15, 0.2) is 55.1 Å². The molecule has 0 saturated heterocycles. The highest BCUT2D eigenvalue weighted by molar-refractivity contribution is 6.30. The molecule has 0 aliphatic heterocycles. The molecule has 4 aromatic heterocycles. The van der Waals surface area contributed by atoms with Crippen LogP contribution < -0.4 is 4.74 Å². The molecule has 0 bridgehead atoms. The third-order valence-electron chi connectivity index (χ3n) is 4.64. The molecule has 5 aromatic rings. The van der Waals surface area contributed by atoms with E-state index in [0.717, 1.165) is 11.1 Å². The van der Waals surface area contributed by atoms with Crippen molar-refractivity contribution < 1.29 is 13.5 Å². The fraction of sp³-hybridized carbons (Fsp3) is 0.100. The van der Waals surface area contributed by atoms with E-state index >= 15 is 0 Å². The Hall–Kier alpha value is -3.59. The van der Waals surface area contributed by atoms with Crippen molar-refractivity contribution in [3.8, 4) is 22.6 Å². The number of alkyl halides is 2. The summed E-state index contributed by atoms with van der Waals surface area (Å²) in [5.41, 5.74) is 4.38. The van der Waals surface area contributed by atoms with Gasteiger partial charge in [-0.05, 0) is 37.3 Å². The third kappa shape index (κ3) is 3.03. The first-order valence-electron chi connectivity index (χ1n) is 8.90. The summed E-state index contributed by atoms with van der Waals surface area (Å²) in [7, 11) is 0. The standard InChI is InChI=1S/C20H13ClF2N6O/c1-11-18-16(29(27-11)15-8-13(21)3-4-17(15)30-20(22)23)7-12(9-25-18)14-10-26-28-6-2-5-24-19(14)28/h2-10,20H,1H3. The molecule has 0 amide bonds. The Morgan fingerprint density at radius 1 is 1.13 bits per heavy atom. The van der Waals surface area contributed by atoms with Gasteiger partial charge in [-0.15, -0.1) is 0 Å². The average molecular weight is 427 g/mol.